The molecule has 1 unspecified atom stereocenters. The number of nitrogens with one attached hydrogen (secondary N) is 1. The normalized spacial score (nSPS) is 18.7. The summed E-state index contributed by atoms with van der Waals surface area (Å²) in [4.78, 5) is 0. The summed E-state index contributed by atoms with van der Waals surface area (Å²) in [5.41, 5.74) is 1.46. The van der Waals surface area contributed by atoms with E-state index in [2.05, 4.69) is 54.3 Å². The van der Waals surface area contributed by atoms with Gasteiger partial charge in [-0.1, -0.05) is 30.3 Å². The second kappa shape index (κ2) is 7.85. The van der Waals surface area contributed by atoms with Gasteiger partial charge in [-0.05, 0) is 62.1 Å². The summed E-state index contributed by atoms with van der Waals surface area (Å²) in [6.45, 7) is 3.54. The summed E-state index contributed by atoms with van der Waals surface area (Å²) in [6.07, 6.45) is 5.24. The zero-order chi connectivity index (χ0) is 12.6. The topological polar surface area (TPSA) is 12.0 Å². The molecule has 2 heteroatoms. The number of rotatable bonds is 6. The molecule has 1 nitrogen and oxygen atoms in total. The lowest BCUT2D eigenvalue weighted by Gasteiger charge is -2.23. The van der Waals surface area contributed by atoms with Crippen molar-refractivity contribution in [3.05, 3.63) is 35.9 Å². The smallest absolute Gasteiger partial charge is 0.00420 e. The Kier molecular flexibility index (Phi) is 6.09. The second-order valence-electron chi connectivity index (χ2n) is 5.39. The Labute approximate surface area is 116 Å². The van der Waals surface area contributed by atoms with Crippen LogP contribution in [-0.4, -0.2) is 24.1 Å². The summed E-state index contributed by atoms with van der Waals surface area (Å²) in [5.74, 6) is 3.65. The molecule has 0 amide bonds. The van der Waals surface area contributed by atoms with Gasteiger partial charge in [-0.2, -0.15) is 11.8 Å². The van der Waals surface area contributed by atoms with Gasteiger partial charge in [0, 0.05) is 6.04 Å². The van der Waals surface area contributed by atoms with Crippen LogP contribution in [0.4, 0.5) is 0 Å². The number of aryl methyl sites for hydroxylation is 1. The molecule has 0 aromatic heterocycles. The van der Waals surface area contributed by atoms with Gasteiger partial charge in [0.25, 0.3) is 0 Å². The SMILES string of the molecule is CC(CCc1ccccc1)NCC1CCSCC1. The van der Waals surface area contributed by atoms with Gasteiger partial charge in [0.1, 0.15) is 0 Å². The van der Waals surface area contributed by atoms with E-state index in [0.29, 0.717) is 6.04 Å². The Hall–Kier alpha value is -0.470. The van der Waals surface area contributed by atoms with Crippen molar-refractivity contribution in [1.82, 2.24) is 5.32 Å². The average Bonchev–Trinajstić information content (AvgIpc) is 2.45. The molecule has 1 fully saturated rings. The molecule has 0 bridgehead atoms. The minimum absolute atomic E-state index is 0.639. The lowest BCUT2D eigenvalue weighted by molar-refractivity contribution is 0.406. The molecule has 100 valence electrons. The maximum absolute atomic E-state index is 3.71. The lowest BCUT2D eigenvalue weighted by Crippen LogP contribution is -2.32. The summed E-state index contributed by atoms with van der Waals surface area (Å²) in [6, 6.07) is 11.4. The summed E-state index contributed by atoms with van der Waals surface area (Å²) < 4.78 is 0. The van der Waals surface area contributed by atoms with E-state index < -0.39 is 0 Å². The zero-order valence-corrected chi connectivity index (χ0v) is 12.2. The van der Waals surface area contributed by atoms with Crippen LogP contribution in [0.2, 0.25) is 0 Å². The second-order valence-corrected chi connectivity index (χ2v) is 6.61. The van der Waals surface area contributed by atoms with Crippen LogP contribution in [0.15, 0.2) is 30.3 Å². The van der Waals surface area contributed by atoms with Crippen molar-refractivity contribution in [2.45, 2.75) is 38.6 Å². The van der Waals surface area contributed by atoms with Gasteiger partial charge in [-0.3, -0.25) is 0 Å². The van der Waals surface area contributed by atoms with Crippen LogP contribution in [0, 0.1) is 5.92 Å². The fourth-order valence-electron chi connectivity index (χ4n) is 2.45. The molecule has 1 aromatic rings. The Morgan fingerprint density at radius 2 is 1.94 bits per heavy atom. The third kappa shape index (κ3) is 5.03. The van der Waals surface area contributed by atoms with Crippen LogP contribution in [0.1, 0.15) is 31.7 Å². The van der Waals surface area contributed by atoms with Crippen molar-refractivity contribution in [2.24, 2.45) is 5.92 Å². The predicted octanol–water partition coefficient (Wildman–Crippen LogP) is 3.74. The summed E-state index contributed by atoms with van der Waals surface area (Å²) in [5, 5.41) is 3.71. The van der Waals surface area contributed by atoms with E-state index in [1.807, 2.05) is 0 Å². The van der Waals surface area contributed by atoms with E-state index in [4.69, 9.17) is 0 Å². The minimum Gasteiger partial charge on any atom is -0.314 e. The third-order valence-corrected chi connectivity index (χ3v) is 4.85. The summed E-state index contributed by atoms with van der Waals surface area (Å²) in [7, 11) is 0. The van der Waals surface area contributed by atoms with Crippen molar-refractivity contribution in [1.29, 1.82) is 0 Å². The van der Waals surface area contributed by atoms with Gasteiger partial charge in [0.2, 0.25) is 0 Å². The quantitative estimate of drug-likeness (QED) is 0.839. The first-order chi connectivity index (χ1) is 8.84. The van der Waals surface area contributed by atoms with Crippen molar-refractivity contribution >= 4 is 11.8 Å². The third-order valence-electron chi connectivity index (χ3n) is 3.80. The molecule has 1 aromatic carbocycles. The number of thioether (sulfide) groups is 1. The van der Waals surface area contributed by atoms with Gasteiger partial charge >= 0.3 is 0 Å². The Balaban J connectivity index is 1.61. The van der Waals surface area contributed by atoms with E-state index in [0.717, 1.165) is 5.92 Å². The van der Waals surface area contributed by atoms with E-state index in [9.17, 15) is 0 Å². The molecule has 1 aliphatic rings. The van der Waals surface area contributed by atoms with E-state index in [-0.39, 0.29) is 0 Å². The van der Waals surface area contributed by atoms with Crippen molar-refractivity contribution < 1.29 is 0 Å². The maximum Gasteiger partial charge on any atom is 0.00420 e. The first-order valence-electron chi connectivity index (χ1n) is 7.19. The van der Waals surface area contributed by atoms with Gasteiger partial charge in [-0.15, -0.1) is 0 Å². The average molecular weight is 263 g/mol. The van der Waals surface area contributed by atoms with Gasteiger partial charge in [0.05, 0.1) is 0 Å². The molecule has 0 saturated carbocycles. The van der Waals surface area contributed by atoms with Crippen molar-refractivity contribution in [3.63, 3.8) is 0 Å². The Morgan fingerprint density at radius 3 is 2.67 bits per heavy atom. The number of hydrogen-bond donors (Lipinski definition) is 1. The first kappa shape index (κ1) is 14.0. The van der Waals surface area contributed by atoms with E-state index >= 15 is 0 Å². The first-order valence-corrected chi connectivity index (χ1v) is 8.35. The van der Waals surface area contributed by atoms with Crippen LogP contribution >= 0.6 is 11.8 Å². The van der Waals surface area contributed by atoms with Gasteiger partial charge in [-0.25, -0.2) is 0 Å². The highest BCUT2D eigenvalue weighted by Gasteiger charge is 2.14. The highest BCUT2D eigenvalue weighted by atomic mass is 32.2. The highest BCUT2D eigenvalue weighted by molar-refractivity contribution is 7.99. The van der Waals surface area contributed by atoms with Crippen molar-refractivity contribution in [3.8, 4) is 0 Å². The molecule has 0 aliphatic carbocycles. The standard InChI is InChI=1S/C16H25NS/c1-14(7-8-15-5-3-2-4-6-15)17-13-16-9-11-18-12-10-16/h2-6,14,16-17H,7-13H2,1H3. The molecule has 1 saturated heterocycles. The predicted molar refractivity (Wildman–Crippen MR) is 82.3 cm³/mol. The molecule has 2 rings (SSSR count). The molecule has 1 atom stereocenters. The zero-order valence-electron chi connectivity index (χ0n) is 11.4. The molecule has 18 heavy (non-hydrogen) atoms. The lowest BCUT2D eigenvalue weighted by atomic mass is 10.0. The fourth-order valence-corrected chi connectivity index (χ4v) is 3.65. The van der Waals surface area contributed by atoms with E-state index in [1.54, 1.807) is 0 Å². The van der Waals surface area contributed by atoms with Gasteiger partial charge in [0.15, 0.2) is 0 Å². The van der Waals surface area contributed by atoms with Crippen LogP contribution in [0.3, 0.4) is 0 Å². The van der Waals surface area contributed by atoms with E-state index in [1.165, 1.54) is 49.3 Å². The Morgan fingerprint density at radius 1 is 1.22 bits per heavy atom. The molecule has 1 aliphatic heterocycles. The maximum atomic E-state index is 3.71. The molecule has 0 spiro atoms. The highest BCUT2D eigenvalue weighted by Crippen LogP contribution is 2.22. The Bertz CT molecular complexity index is 319. The van der Waals surface area contributed by atoms with Crippen LogP contribution in [-0.2, 0) is 6.42 Å². The van der Waals surface area contributed by atoms with Crippen LogP contribution < -0.4 is 5.32 Å². The number of hydrogen-bond acceptors (Lipinski definition) is 2. The summed E-state index contributed by atoms with van der Waals surface area (Å²) >= 11 is 2.11. The molecular weight excluding hydrogens is 238 g/mol. The van der Waals surface area contributed by atoms with Crippen LogP contribution in [0.5, 0.6) is 0 Å². The largest absolute Gasteiger partial charge is 0.314 e. The molecular formula is C16H25NS. The van der Waals surface area contributed by atoms with Gasteiger partial charge < -0.3 is 5.32 Å². The number of benzene rings is 1. The fraction of sp³-hybridized carbons (Fsp3) is 0.625. The molecule has 0 radical (unpaired) electrons. The van der Waals surface area contributed by atoms with Crippen molar-refractivity contribution in [2.75, 3.05) is 18.1 Å². The monoisotopic (exact) mass is 263 g/mol. The molecule has 1 N–H and O–H groups in total. The van der Waals surface area contributed by atoms with Crippen LogP contribution in [0.25, 0.3) is 0 Å². The minimum atomic E-state index is 0.639. The molecule has 1 heterocycles.